The van der Waals surface area contributed by atoms with Gasteiger partial charge in [-0.05, 0) is 74.2 Å². The SMILES string of the molecule is NC(=O)[C@H](Cc1ccccc1)NC(=O)[C@H](CCCN=C(N)N)NC(=O)C1C2CC3CC(C2)CC1C3.O=C(O)C(F)(F)F. The maximum Gasteiger partial charge on any atom is 0.490 e. The van der Waals surface area contributed by atoms with E-state index in [0.717, 1.165) is 43.1 Å². The number of benzene rings is 1. The van der Waals surface area contributed by atoms with Crippen molar-refractivity contribution in [2.75, 3.05) is 6.54 Å². The molecule has 5 rings (SSSR count). The number of rotatable bonds is 11. The van der Waals surface area contributed by atoms with Crippen LogP contribution in [-0.2, 0) is 25.6 Å². The third-order valence-corrected chi connectivity index (χ3v) is 8.29. The predicted molar refractivity (Wildman–Crippen MR) is 147 cm³/mol. The van der Waals surface area contributed by atoms with Gasteiger partial charge in [0, 0.05) is 18.9 Å². The Morgan fingerprint density at radius 1 is 0.905 bits per heavy atom. The van der Waals surface area contributed by atoms with Crippen LogP contribution in [0.5, 0.6) is 0 Å². The fourth-order valence-corrected chi connectivity index (χ4v) is 6.74. The summed E-state index contributed by atoms with van der Waals surface area (Å²) in [5.41, 5.74) is 17.3. The molecule has 4 bridgehead atoms. The van der Waals surface area contributed by atoms with E-state index in [0.29, 0.717) is 31.2 Å². The van der Waals surface area contributed by atoms with Gasteiger partial charge < -0.3 is 32.9 Å². The van der Waals surface area contributed by atoms with Crippen LogP contribution in [0.15, 0.2) is 35.3 Å². The molecule has 4 aliphatic carbocycles. The fraction of sp³-hybridized carbons (Fsp3) is 0.607. The number of nitrogens with one attached hydrogen (secondary N) is 2. The number of halogens is 3. The number of hydrogen-bond donors (Lipinski definition) is 6. The standard InChI is InChI=1S/C26H38N6O3.C2HF3O2/c27-23(33)21(14-15-5-2-1-3-6-15)32-24(34)20(7-4-8-30-26(28)29)31-25(35)22-18-10-16-9-17(12-18)13-19(22)11-16;3-2(4,5)1(6)7/h1-3,5-6,16-22H,4,7-14H2,(H2,27,33)(H,31,35)(H,32,34)(H4,28,29,30);(H,6,7)/t16?,17?,18?,19?,20-,21-,22?;/m0./s1. The van der Waals surface area contributed by atoms with Gasteiger partial charge >= 0.3 is 12.1 Å². The van der Waals surface area contributed by atoms with Crippen LogP contribution in [-0.4, -0.2) is 59.6 Å². The first-order chi connectivity index (χ1) is 19.7. The molecule has 4 fully saturated rings. The molecule has 0 heterocycles. The Balaban J connectivity index is 0.000000616. The number of amides is 3. The van der Waals surface area contributed by atoms with Crippen LogP contribution in [0.4, 0.5) is 13.2 Å². The van der Waals surface area contributed by atoms with Gasteiger partial charge in [0.1, 0.15) is 12.1 Å². The minimum absolute atomic E-state index is 0.0136. The minimum atomic E-state index is -5.08. The molecule has 0 spiro atoms. The zero-order valence-electron chi connectivity index (χ0n) is 23.2. The maximum absolute atomic E-state index is 13.4. The second-order valence-corrected chi connectivity index (χ2v) is 11.4. The third kappa shape index (κ3) is 9.35. The molecule has 4 aliphatic rings. The number of aliphatic carboxylic acids is 1. The Morgan fingerprint density at radius 3 is 1.93 bits per heavy atom. The zero-order chi connectivity index (χ0) is 31.0. The van der Waals surface area contributed by atoms with Crippen molar-refractivity contribution in [3.05, 3.63) is 35.9 Å². The first-order valence-electron chi connectivity index (χ1n) is 14.0. The summed E-state index contributed by atoms with van der Waals surface area (Å²) in [5.74, 6) is -1.54. The number of guanidine groups is 1. The molecule has 1 aromatic carbocycles. The van der Waals surface area contributed by atoms with Crippen molar-refractivity contribution in [3.63, 3.8) is 0 Å². The van der Waals surface area contributed by atoms with Crippen LogP contribution < -0.4 is 27.8 Å². The molecule has 11 nitrogen and oxygen atoms in total. The van der Waals surface area contributed by atoms with Gasteiger partial charge in [0.15, 0.2) is 5.96 Å². The Labute approximate surface area is 241 Å². The second kappa shape index (κ2) is 14.4. The summed E-state index contributed by atoms with van der Waals surface area (Å²) in [4.78, 5) is 51.7. The van der Waals surface area contributed by atoms with E-state index < -0.39 is 36.0 Å². The fourth-order valence-electron chi connectivity index (χ4n) is 6.74. The number of carboxylic acids is 1. The Kier molecular flexibility index (Phi) is 11.2. The monoisotopic (exact) mass is 596 g/mol. The van der Waals surface area contributed by atoms with Crippen LogP contribution in [0.25, 0.3) is 0 Å². The largest absolute Gasteiger partial charge is 0.490 e. The lowest BCUT2D eigenvalue weighted by molar-refractivity contribution is -0.192. The van der Waals surface area contributed by atoms with Crippen molar-refractivity contribution in [2.45, 2.75) is 69.6 Å². The van der Waals surface area contributed by atoms with Gasteiger partial charge in [-0.1, -0.05) is 30.3 Å². The normalized spacial score (nSPS) is 25.3. The van der Waals surface area contributed by atoms with Gasteiger partial charge in [0.05, 0.1) is 0 Å². The van der Waals surface area contributed by atoms with Gasteiger partial charge in [-0.3, -0.25) is 19.4 Å². The summed E-state index contributed by atoms with van der Waals surface area (Å²) in [5, 5.41) is 12.9. The first-order valence-corrected chi connectivity index (χ1v) is 14.0. The van der Waals surface area contributed by atoms with Gasteiger partial charge in [-0.25, -0.2) is 4.79 Å². The number of alkyl halides is 3. The topological polar surface area (TPSA) is 203 Å². The highest BCUT2D eigenvalue weighted by Crippen LogP contribution is 2.56. The van der Waals surface area contributed by atoms with Crippen LogP contribution >= 0.6 is 0 Å². The highest BCUT2D eigenvalue weighted by Gasteiger charge is 2.51. The summed E-state index contributed by atoms with van der Waals surface area (Å²) in [6.07, 6.45) is 1.86. The number of nitrogens with zero attached hydrogens (tertiary/aromatic N) is 1. The molecule has 1 aromatic rings. The molecule has 0 saturated heterocycles. The lowest BCUT2D eigenvalue weighted by atomic mass is 9.51. The van der Waals surface area contributed by atoms with Gasteiger partial charge in [-0.2, -0.15) is 13.2 Å². The Hall–Kier alpha value is -3.84. The Bertz CT molecular complexity index is 1110. The number of carbonyl (C=O) groups is 4. The van der Waals surface area contributed by atoms with Crippen molar-refractivity contribution in [1.29, 1.82) is 0 Å². The van der Waals surface area contributed by atoms with Crippen LogP contribution in [0.1, 0.15) is 50.5 Å². The van der Waals surface area contributed by atoms with E-state index in [1.165, 1.54) is 6.42 Å². The average Bonchev–Trinajstić information content (AvgIpc) is 2.89. The summed E-state index contributed by atoms with van der Waals surface area (Å²) >= 11 is 0. The van der Waals surface area contributed by atoms with Crippen molar-refractivity contribution in [3.8, 4) is 0 Å². The summed E-state index contributed by atoms with van der Waals surface area (Å²) < 4.78 is 31.7. The van der Waals surface area contributed by atoms with E-state index in [1.54, 1.807) is 0 Å². The summed E-state index contributed by atoms with van der Waals surface area (Å²) in [6, 6.07) is 7.72. The van der Waals surface area contributed by atoms with Crippen molar-refractivity contribution in [2.24, 2.45) is 51.8 Å². The molecular formula is C28H39F3N6O5. The molecule has 3 amide bonds. The molecule has 0 radical (unpaired) electrons. The van der Waals surface area contributed by atoms with Crippen LogP contribution in [0.3, 0.4) is 0 Å². The van der Waals surface area contributed by atoms with Crippen molar-refractivity contribution >= 4 is 29.7 Å². The quantitative estimate of drug-likeness (QED) is 0.126. The highest BCUT2D eigenvalue weighted by atomic mass is 19.4. The highest BCUT2D eigenvalue weighted by molar-refractivity contribution is 5.92. The summed E-state index contributed by atoms with van der Waals surface area (Å²) in [7, 11) is 0. The van der Waals surface area contributed by atoms with E-state index in [9.17, 15) is 27.6 Å². The zero-order valence-corrected chi connectivity index (χ0v) is 23.2. The summed E-state index contributed by atoms with van der Waals surface area (Å²) in [6.45, 7) is 0.350. The molecule has 0 aliphatic heterocycles. The molecule has 42 heavy (non-hydrogen) atoms. The molecule has 2 atom stereocenters. The molecule has 9 N–H and O–H groups in total. The number of aliphatic imine (C=N–C) groups is 1. The van der Waals surface area contributed by atoms with Crippen molar-refractivity contribution < 1.29 is 37.5 Å². The van der Waals surface area contributed by atoms with Crippen molar-refractivity contribution in [1.82, 2.24) is 10.6 Å². The molecule has 0 aromatic heterocycles. The minimum Gasteiger partial charge on any atom is -0.475 e. The number of carboxylic acid groups (broad SMARTS) is 1. The lowest BCUT2D eigenvalue weighted by Crippen LogP contribution is -2.57. The second-order valence-electron chi connectivity index (χ2n) is 11.4. The van der Waals surface area contributed by atoms with Crippen LogP contribution in [0.2, 0.25) is 0 Å². The Morgan fingerprint density at radius 2 is 1.45 bits per heavy atom. The first kappa shape index (κ1) is 32.7. The molecular weight excluding hydrogens is 557 g/mol. The van der Waals surface area contributed by atoms with Gasteiger partial charge in [0.2, 0.25) is 17.7 Å². The smallest absolute Gasteiger partial charge is 0.475 e. The van der Waals surface area contributed by atoms with E-state index >= 15 is 0 Å². The van der Waals surface area contributed by atoms with E-state index in [4.69, 9.17) is 27.1 Å². The van der Waals surface area contributed by atoms with Crippen LogP contribution in [0, 0.1) is 29.6 Å². The number of primary amides is 1. The molecule has 0 unspecified atom stereocenters. The number of nitrogens with two attached hydrogens (primary N) is 3. The third-order valence-electron chi connectivity index (χ3n) is 8.29. The molecule has 232 valence electrons. The van der Waals surface area contributed by atoms with E-state index in [2.05, 4.69) is 15.6 Å². The van der Waals surface area contributed by atoms with Gasteiger partial charge in [-0.15, -0.1) is 0 Å². The van der Waals surface area contributed by atoms with E-state index in [-0.39, 0.29) is 24.2 Å². The average molecular weight is 597 g/mol. The predicted octanol–water partition coefficient (Wildman–Crippen LogP) is 1.44. The maximum atomic E-state index is 13.4. The molecule has 14 heteroatoms. The number of carbonyl (C=O) groups excluding carboxylic acids is 3. The van der Waals surface area contributed by atoms with E-state index in [1.807, 2.05) is 30.3 Å². The lowest BCUT2D eigenvalue weighted by Gasteiger charge is -2.53. The number of hydrogen-bond acceptors (Lipinski definition) is 5. The van der Waals surface area contributed by atoms with Gasteiger partial charge in [0.25, 0.3) is 0 Å². The molecule has 4 saturated carbocycles.